The molecule has 160 valence electrons. The molecule has 1 aromatic heterocycles. The number of aryl methyl sites for hydroxylation is 3. The fourth-order valence-electron chi connectivity index (χ4n) is 2.88. The molecule has 0 saturated heterocycles. The zero-order valence-corrected chi connectivity index (χ0v) is 17.0. The van der Waals surface area contributed by atoms with Gasteiger partial charge in [0.15, 0.2) is 0 Å². The second kappa shape index (κ2) is 8.61. The summed E-state index contributed by atoms with van der Waals surface area (Å²) in [5, 5.41) is 28.7. The van der Waals surface area contributed by atoms with Crippen LogP contribution in [0.1, 0.15) is 16.8 Å². The average Bonchev–Trinajstić information content (AvgIpc) is 3.04. The van der Waals surface area contributed by atoms with Crippen LogP contribution in [0.15, 0.2) is 42.6 Å². The lowest BCUT2D eigenvalue weighted by atomic mass is 10.1. The molecule has 1 amide bonds. The largest absolute Gasteiger partial charge is 0.457 e. The Hall–Kier alpha value is -4.28. The fraction of sp³-hybridized carbons (Fsp3) is 0.200. The Morgan fingerprint density at radius 3 is 2.48 bits per heavy atom. The topological polar surface area (TPSA) is 142 Å². The monoisotopic (exact) mass is 425 g/mol. The number of ether oxygens (including phenoxy) is 1. The zero-order valence-electron chi connectivity index (χ0n) is 17.0. The van der Waals surface area contributed by atoms with Crippen molar-refractivity contribution in [2.24, 2.45) is 0 Å². The van der Waals surface area contributed by atoms with Crippen LogP contribution in [0.2, 0.25) is 0 Å². The highest BCUT2D eigenvalue weighted by Gasteiger charge is 2.18. The van der Waals surface area contributed by atoms with E-state index < -0.39 is 15.8 Å². The molecule has 31 heavy (non-hydrogen) atoms. The summed E-state index contributed by atoms with van der Waals surface area (Å²) in [7, 11) is 0. The van der Waals surface area contributed by atoms with E-state index in [0.717, 1.165) is 22.0 Å². The van der Waals surface area contributed by atoms with Crippen molar-refractivity contribution in [1.29, 1.82) is 0 Å². The van der Waals surface area contributed by atoms with Gasteiger partial charge >= 0.3 is 5.69 Å². The van der Waals surface area contributed by atoms with Crippen LogP contribution in [0.3, 0.4) is 0 Å². The van der Waals surface area contributed by atoms with Gasteiger partial charge in [-0.2, -0.15) is 5.10 Å². The number of nitrogens with zero attached hydrogens (tertiary/aromatic N) is 4. The van der Waals surface area contributed by atoms with Gasteiger partial charge < -0.3 is 10.1 Å². The van der Waals surface area contributed by atoms with Crippen LogP contribution >= 0.6 is 0 Å². The summed E-state index contributed by atoms with van der Waals surface area (Å²) in [6.07, 6.45) is 1.15. The molecule has 0 radical (unpaired) electrons. The van der Waals surface area contributed by atoms with Gasteiger partial charge in [0.1, 0.15) is 29.9 Å². The maximum atomic E-state index is 12.4. The summed E-state index contributed by atoms with van der Waals surface area (Å²) in [6, 6.07) is 9.52. The normalized spacial score (nSPS) is 10.5. The third kappa shape index (κ3) is 5.21. The summed E-state index contributed by atoms with van der Waals surface area (Å²) in [5.41, 5.74) is 1.67. The van der Waals surface area contributed by atoms with Crippen LogP contribution in [-0.2, 0) is 11.3 Å². The van der Waals surface area contributed by atoms with Gasteiger partial charge in [-0.15, -0.1) is 0 Å². The molecule has 0 saturated carbocycles. The molecule has 3 aromatic rings. The van der Waals surface area contributed by atoms with E-state index >= 15 is 0 Å². The number of hydrogen-bond acceptors (Lipinski definition) is 7. The second-order valence-electron chi connectivity index (χ2n) is 6.95. The number of nitro groups is 2. The minimum Gasteiger partial charge on any atom is -0.457 e. The van der Waals surface area contributed by atoms with Crippen LogP contribution in [0, 0.1) is 41.0 Å². The summed E-state index contributed by atoms with van der Waals surface area (Å²) in [4.78, 5) is 33.4. The molecule has 0 aliphatic heterocycles. The number of hydrogen-bond donors (Lipinski definition) is 1. The highest BCUT2D eigenvalue weighted by atomic mass is 16.6. The van der Waals surface area contributed by atoms with Crippen molar-refractivity contribution in [2.45, 2.75) is 27.3 Å². The van der Waals surface area contributed by atoms with E-state index in [1.54, 1.807) is 6.07 Å². The molecule has 3 rings (SSSR count). The molecule has 11 heteroatoms. The Kier molecular flexibility index (Phi) is 5.95. The second-order valence-corrected chi connectivity index (χ2v) is 6.95. The Morgan fingerprint density at radius 1 is 1.10 bits per heavy atom. The predicted molar refractivity (Wildman–Crippen MR) is 111 cm³/mol. The number of carbonyl (C=O) groups excluding carboxylic acids is 1. The number of aromatic nitrogens is 2. The molecule has 1 heterocycles. The van der Waals surface area contributed by atoms with Gasteiger partial charge in [0, 0.05) is 12.1 Å². The summed E-state index contributed by atoms with van der Waals surface area (Å²) < 4.78 is 6.95. The number of nitrogens with one attached hydrogen (secondary N) is 1. The fourth-order valence-corrected chi connectivity index (χ4v) is 2.88. The number of non-ortho nitro benzene ring substituents is 1. The van der Waals surface area contributed by atoms with Crippen molar-refractivity contribution in [3.63, 3.8) is 0 Å². The number of rotatable bonds is 7. The van der Waals surface area contributed by atoms with E-state index in [1.807, 2.05) is 26.0 Å². The molecule has 0 bridgehead atoms. The van der Waals surface area contributed by atoms with E-state index in [-0.39, 0.29) is 35.1 Å². The minimum absolute atomic E-state index is 0.151. The molecular weight excluding hydrogens is 406 g/mol. The summed E-state index contributed by atoms with van der Waals surface area (Å²) in [5.74, 6) is 0.163. The lowest BCUT2D eigenvalue weighted by molar-refractivity contribution is -0.385. The van der Waals surface area contributed by atoms with E-state index in [0.29, 0.717) is 5.75 Å². The molecule has 1 N–H and O–H groups in total. The van der Waals surface area contributed by atoms with Gasteiger partial charge in [0.25, 0.3) is 5.69 Å². The van der Waals surface area contributed by atoms with E-state index in [1.165, 1.54) is 25.1 Å². The van der Waals surface area contributed by atoms with Gasteiger partial charge in [-0.25, -0.2) is 0 Å². The zero-order chi connectivity index (χ0) is 22.7. The van der Waals surface area contributed by atoms with Crippen LogP contribution in [0.4, 0.5) is 17.1 Å². The van der Waals surface area contributed by atoms with Gasteiger partial charge in [-0.05, 0) is 38.0 Å². The predicted octanol–water partition coefficient (Wildman–Crippen LogP) is 4.06. The molecule has 11 nitrogen and oxygen atoms in total. The van der Waals surface area contributed by atoms with Gasteiger partial charge in [-0.3, -0.25) is 29.7 Å². The Morgan fingerprint density at radius 2 is 1.84 bits per heavy atom. The summed E-state index contributed by atoms with van der Waals surface area (Å²) >= 11 is 0. The van der Waals surface area contributed by atoms with Crippen molar-refractivity contribution < 1.29 is 19.4 Å². The Bertz CT molecular complexity index is 1190. The number of anilines is 1. The first-order valence-corrected chi connectivity index (χ1v) is 9.15. The number of nitro benzene ring substituents is 1. The maximum Gasteiger partial charge on any atom is 0.309 e. The molecular formula is C20H19N5O6. The molecule has 0 fully saturated rings. The molecule has 0 spiro atoms. The van der Waals surface area contributed by atoms with Crippen molar-refractivity contribution in [2.75, 3.05) is 5.32 Å². The quantitative estimate of drug-likeness (QED) is 0.444. The lowest BCUT2D eigenvalue weighted by Crippen LogP contribution is -2.19. The number of amides is 1. The van der Waals surface area contributed by atoms with Gasteiger partial charge in [0.05, 0.1) is 21.6 Å². The highest BCUT2D eigenvalue weighted by Crippen LogP contribution is 2.31. The Labute approximate surface area is 176 Å². The molecule has 0 atom stereocenters. The third-order valence-electron chi connectivity index (χ3n) is 4.38. The summed E-state index contributed by atoms with van der Waals surface area (Å²) in [6.45, 7) is 4.90. The van der Waals surface area contributed by atoms with Crippen molar-refractivity contribution in [1.82, 2.24) is 9.78 Å². The van der Waals surface area contributed by atoms with Crippen molar-refractivity contribution >= 4 is 23.0 Å². The first-order valence-electron chi connectivity index (χ1n) is 9.15. The maximum absolute atomic E-state index is 12.4. The van der Waals surface area contributed by atoms with Gasteiger partial charge in [-0.1, -0.05) is 12.1 Å². The average molecular weight is 425 g/mol. The van der Waals surface area contributed by atoms with Crippen molar-refractivity contribution in [3.05, 3.63) is 79.6 Å². The van der Waals surface area contributed by atoms with E-state index in [2.05, 4.69) is 10.4 Å². The molecule has 2 aromatic carbocycles. The third-order valence-corrected chi connectivity index (χ3v) is 4.38. The van der Waals surface area contributed by atoms with Crippen LogP contribution in [-0.4, -0.2) is 25.5 Å². The Balaban J connectivity index is 1.82. The van der Waals surface area contributed by atoms with Crippen molar-refractivity contribution in [3.8, 4) is 11.5 Å². The molecule has 0 aliphatic rings. The first-order chi connectivity index (χ1) is 14.6. The molecule has 0 unspecified atom stereocenters. The van der Waals surface area contributed by atoms with Crippen LogP contribution in [0.25, 0.3) is 0 Å². The first kappa shape index (κ1) is 21.4. The smallest absolute Gasteiger partial charge is 0.309 e. The van der Waals surface area contributed by atoms with Crippen LogP contribution < -0.4 is 10.1 Å². The SMILES string of the molecule is Cc1ccc(C)c(Oc2cc(NC(=O)Cn3cc([N+](=O)[O-])c(C)n3)cc([N+](=O)[O-])c2)c1. The number of benzene rings is 2. The lowest BCUT2D eigenvalue weighted by Gasteiger charge is -2.12. The van der Waals surface area contributed by atoms with E-state index in [4.69, 9.17) is 4.74 Å². The highest BCUT2D eigenvalue weighted by molar-refractivity contribution is 5.91. The van der Waals surface area contributed by atoms with Gasteiger partial charge in [0.2, 0.25) is 5.91 Å². The standard InChI is InChI=1S/C20H19N5O6/c1-12-4-5-13(2)19(6-12)31-17-8-15(7-16(9-17)24(27)28)21-20(26)11-23-10-18(25(29)30)14(3)22-23/h4-10H,11H2,1-3H3,(H,21,26). The number of carbonyl (C=O) groups is 1. The minimum atomic E-state index is -0.591. The van der Waals surface area contributed by atoms with E-state index in [9.17, 15) is 25.0 Å². The van der Waals surface area contributed by atoms with Crippen LogP contribution in [0.5, 0.6) is 11.5 Å². The molecule has 0 aliphatic carbocycles.